The lowest BCUT2D eigenvalue weighted by Crippen LogP contribution is -2.16. The highest BCUT2D eigenvalue weighted by molar-refractivity contribution is 5.83. The molecule has 0 fully saturated rings. The van der Waals surface area contributed by atoms with Crippen LogP contribution in [0.25, 0.3) is 16.6 Å². The Bertz CT molecular complexity index is 790. The quantitative estimate of drug-likeness (QED) is 0.804. The van der Waals surface area contributed by atoms with Crippen molar-refractivity contribution in [1.29, 1.82) is 0 Å². The summed E-state index contributed by atoms with van der Waals surface area (Å²) in [6, 6.07) is 7.28. The van der Waals surface area contributed by atoms with Crippen LogP contribution in [-0.2, 0) is 12.3 Å². The van der Waals surface area contributed by atoms with E-state index >= 15 is 0 Å². The van der Waals surface area contributed by atoms with Crippen LogP contribution in [-0.4, -0.2) is 19.9 Å². The lowest BCUT2D eigenvalue weighted by Gasteiger charge is -2.18. The molecule has 3 rings (SSSR count). The highest BCUT2D eigenvalue weighted by atomic mass is 19.1. The first kappa shape index (κ1) is 13.7. The lowest BCUT2D eigenvalue weighted by atomic mass is 10.0. The summed E-state index contributed by atoms with van der Waals surface area (Å²) < 4.78 is 14.7. The van der Waals surface area contributed by atoms with Gasteiger partial charge in [-0.05, 0) is 31.5 Å². The predicted molar refractivity (Wildman–Crippen MR) is 78.9 cm³/mol. The summed E-state index contributed by atoms with van der Waals surface area (Å²) >= 11 is 0. The van der Waals surface area contributed by atoms with E-state index in [0.29, 0.717) is 11.1 Å². The number of aromatic nitrogens is 3. The van der Waals surface area contributed by atoms with Crippen LogP contribution in [0, 0.1) is 0 Å². The number of alkyl halides is 1. The fourth-order valence-electron chi connectivity index (χ4n) is 2.31. The van der Waals surface area contributed by atoms with Crippen molar-refractivity contribution in [3.63, 3.8) is 0 Å². The highest BCUT2D eigenvalue weighted by Crippen LogP contribution is 2.25. The second kappa shape index (κ2) is 4.93. The molecule has 21 heavy (non-hydrogen) atoms. The van der Waals surface area contributed by atoms with E-state index in [1.165, 1.54) is 0 Å². The van der Waals surface area contributed by atoms with Crippen LogP contribution in [0.5, 0.6) is 0 Å². The number of rotatable bonds is 3. The van der Waals surface area contributed by atoms with Gasteiger partial charge in [-0.1, -0.05) is 12.1 Å². The summed E-state index contributed by atoms with van der Waals surface area (Å²) in [6.07, 6.45) is 4.95. The Morgan fingerprint density at radius 1 is 1.24 bits per heavy atom. The third-order valence-corrected chi connectivity index (χ3v) is 3.52. The van der Waals surface area contributed by atoms with Gasteiger partial charge in [0, 0.05) is 17.1 Å². The zero-order chi connectivity index (χ0) is 15.0. The highest BCUT2D eigenvalue weighted by Gasteiger charge is 2.17. The van der Waals surface area contributed by atoms with Gasteiger partial charge < -0.3 is 5.11 Å². The van der Waals surface area contributed by atoms with Crippen LogP contribution < -0.4 is 0 Å². The molecule has 0 aliphatic rings. The van der Waals surface area contributed by atoms with Gasteiger partial charge in [-0.15, -0.1) is 0 Å². The molecule has 2 aromatic heterocycles. The Hall–Kier alpha value is -2.27. The summed E-state index contributed by atoms with van der Waals surface area (Å²) in [7, 11) is 0. The van der Waals surface area contributed by atoms with Gasteiger partial charge in [0.25, 0.3) is 0 Å². The average molecular weight is 285 g/mol. The molecule has 0 unspecified atom stereocenters. The molecule has 0 aliphatic heterocycles. The van der Waals surface area contributed by atoms with Crippen LogP contribution in [0.3, 0.4) is 0 Å². The molecule has 3 aromatic rings. The number of aliphatic hydroxyl groups is 1. The lowest BCUT2D eigenvalue weighted by molar-refractivity contribution is 0.0782. The zero-order valence-electron chi connectivity index (χ0n) is 11.9. The molecule has 1 aromatic carbocycles. The maximum atomic E-state index is 13.0. The van der Waals surface area contributed by atoms with Gasteiger partial charge in [-0.2, -0.15) is 5.10 Å². The van der Waals surface area contributed by atoms with E-state index in [1.807, 2.05) is 18.2 Å². The Morgan fingerprint density at radius 2 is 2.05 bits per heavy atom. The molecule has 0 amide bonds. The summed E-state index contributed by atoms with van der Waals surface area (Å²) in [6.45, 7) is 2.89. The largest absolute Gasteiger partial charge is 0.386 e. The van der Waals surface area contributed by atoms with Gasteiger partial charge in [0.1, 0.15) is 6.67 Å². The topological polar surface area (TPSA) is 50.9 Å². The van der Waals surface area contributed by atoms with E-state index in [4.69, 9.17) is 0 Å². The minimum atomic E-state index is -0.976. The van der Waals surface area contributed by atoms with Crippen LogP contribution in [0.15, 0.2) is 42.9 Å². The summed E-state index contributed by atoms with van der Waals surface area (Å²) in [5.41, 5.74) is 1.90. The average Bonchev–Trinajstić information content (AvgIpc) is 2.90. The van der Waals surface area contributed by atoms with Crippen LogP contribution >= 0.6 is 0 Å². The Balaban J connectivity index is 2.18. The monoisotopic (exact) mass is 285 g/mol. The fourth-order valence-corrected chi connectivity index (χ4v) is 2.31. The van der Waals surface area contributed by atoms with E-state index < -0.39 is 12.3 Å². The van der Waals surface area contributed by atoms with Crippen LogP contribution in [0.1, 0.15) is 25.0 Å². The van der Waals surface area contributed by atoms with E-state index in [2.05, 4.69) is 10.1 Å². The molecule has 0 saturated heterocycles. The molecule has 5 heteroatoms. The molecule has 0 aliphatic carbocycles. The van der Waals surface area contributed by atoms with Gasteiger partial charge in [-0.25, -0.2) is 9.07 Å². The zero-order valence-corrected chi connectivity index (χ0v) is 11.9. The predicted octanol–water partition coefficient (Wildman–Crippen LogP) is 3.12. The van der Waals surface area contributed by atoms with Crippen LogP contribution in [0.2, 0.25) is 0 Å². The standard InChI is InChI=1S/C16H16FN3O/c1-16(2,21)12-6-13(9-18-8-12)20-15-5-3-4-11(7-17)14(15)10-19-20/h3-6,8-10,21H,7H2,1-2H3. The van der Waals surface area contributed by atoms with Crippen molar-refractivity contribution in [2.45, 2.75) is 26.1 Å². The molecule has 0 radical (unpaired) electrons. The minimum absolute atomic E-state index is 0.523. The van der Waals surface area contributed by atoms with Crippen molar-refractivity contribution < 1.29 is 9.50 Å². The molecule has 4 nitrogen and oxygen atoms in total. The van der Waals surface area contributed by atoms with Gasteiger partial charge in [0.15, 0.2) is 0 Å². The molecule has 0 bridgehead atoms. The molecule has 0 atom stereocenters. The Labute approximate surface area is 121 Å². The molecular formula is C16H16FN3O. The van der Waals surface area contributed by atoms with Gasteiger partial charge in [0.05, 0.1) is 29.2 Å². The first-order chi connectivity index (χ1) is 10.0. The van der Waals surface area contributed by atoms with Crippen molar-refractivity contribution in [1.82, 2.24) is 14.8 Å². The number of halogens is 1. The summed E-state index contributed by atoms with van der Waals surface area (Å²) in [4.78, 5) is 4.16. The molecule has 1 N–H and O–H groups in total. The third kappa shape index (κ3) is 2.40. The number of benzene rings is 1. The van der Waals surface area contributed by atoms with Crippen molar-refractivity contribution in [3.05, 3.63) is 54.0 Å². The second-order valence-corrected chi connectivity index (χ2v) is 5.53. The van der Waals surface area contributed by atoms with Crippen molar-refractivity contribution in [2.24, 2.45) is 0 Å². The van der Waals surface area contributed by atoms with Gasteiger partial charge in [0.2, 0.25) is 0 Å². The molecular weight excluding hydrogens is 269 g/mol. The number of pyridine rings is 1. The van der Waals surface area contributed by atoms with E-state index in [1.54, 1.807) is 43.2 Å². The smallest absolute Gasteiger partial charge is 0.115 e. The fraction of sp³-hybridized carbons (Fsp3) is 0.250. The Kier molecular flexibility index (Phi) is 3.22. The minimum Gasteiger partial charge on any atom is -0.386 e. The molecule has 0 spiro atoms. The normalized spacial score (nSPS) is 12.0. The number of hydrogen-bond acceptors (Lipinski definition) is 3. The number of fused-ring (bicyclic) bond motifs is 1. The molecule has 108 valence electrons. The molecule has 0 saturated carbocycles. The van der Waals surface area contributed by atoms with Gasteiger partial charge >= 0.3 is 0 Å². The third-order valence-electron chi connectivity index (χ3n) is 3.52. The number of hydrogen-bond donors (Lipinski definition) is 1. The van der Waals surface area contributed by atoms with Crippen molar-refractivity contribution in [2.75, 3.05) is 0 Å². The first-order valence-electron chi connectivity index (χ1n) is 6.70. The van der Waals surface area contributed by atoms with E-state index in [9.17, 15) is 9.50 Å². The van der Waals surface area contributed by atoms with Crippen LogP contribution in [0.4, 0.5) is 4.39 Å². The molecule has 2 heterocycles. The van der Waals surface area contributed by atoms with Crippen molar-refractivity contribution >= 4 is 10.9 Å². The van der Waals surface area contributed by atoms with Gasteiger partial charge in [-0.3, -0.25) is 4.98 Å². The first-order valence-corrected chi connectivity index (χ1v) is 6.70. The van der Waals surface area contributed by atoms with Crippen molar-refractivity contribution in [3.8, 4) is 5.69 Å². The SMILES string of the molecule is CC(C)(O)c1cncc(-n2ncc3c(CF)cccc32)c1. The van der Waals surface area contributed by atoms with E-state index in [0.717, 1.165) is 16.6 Å². The van der Waals surface area contributed by atoms with E-state index in [-0.39, 0.29) is 0 Å². The second-order valence-electron chi connectivity index (χ2n) is 5.53. The maximum absolute atomic E-state index is 13.0. The summed E-state index contributed by atoms with van der Waals surface area (Å²) in [5.74, 6) is 0. The summed E-state index contributed by atoms with van der Waals surface area (Å²) in [5, 5.41) is 15.2. The Morgan fingerprint density at radius 3 is 2.76 bits per heavy atom. The maximum Gasteiger partial charge on any atom is 0.115 e. The number of nitrogens with zero attached hydrogens (tertiary/aromatic N) is 3.